The summed E-state index contributed by atoms with van der Waals surface area (Å²) in [5.41, 5.74) is 1.25. The summed E-state index contributed by atoms with van der Waals surface area (Å²) in [7, 11) is 0. The Morgan fingerprint density at radius 2 is 1.67 bits per heavy atom. The third kappa shape index (κ3) is 4.18. The molecule has 5 rings (SSSR count). The van der Waals surface area contributed by atoms with E-state index in [1.165, 1.54) is 0 Å². The van der Waals surface area contributed by atoms with Crippen LogP contribution in [0.4, 0.5) is 11.4 Å². The average molecular weight is 444 g/mol. The molecule has 8 heteroatoms. The molecular formula is C25H20N2O6. The Morgan fingerprint density at radius 1 is 0.909 bits per heavy atom. The van der Waals surface area contributed by atoms with Crippen LogP contribution in [0.1, 0.15) is 17.5 Å². The number of carbonyl (C=O) groups excluding carboxylic acids is 2. The molecule has 3 aromatic carbocycles. The van der Waals surface area contributed by atoms with Crippen molar-refractivity contribution in [1.82, 2.24) is 0 Å². The van der Waals surface area contributed by atoms with Crippen molar-refractivity contribution in [3.05, 3.63) is 78.6 Å². The highest BCUT2D eigenvalue weighted by Crippen LogP contribution is 2.35. The van der Waals surface area contributed by atoms with Crippen LogP contribution < -0.4 is 24.8 Å². The van der Waals surface area contributed by atoms with Gasteiger partial charge in [-0.05, 0) is 43.3 Å². The van der Waals surface area contributed by atoms with Crippen molar-refractivity contribution < 1.29 is 28.2 Å². The molecule has 1 aromatic heterocycles. The standard InChI is InChI=1S/C25H20N2O6/c1-15(32-17-7-3-2-4-8-17)24(28)27-22-18-9-5-6-10-19(18)33-23(22)25(29)26-16-11-12-20-21(13-16)31-14-30-20/h2-13,15H,14H2,1H3,(H,26,29)(H,27,28)/t15-/m1/s1. The highest BCUT2D eigenvalue weighted by Gasteiger charge is 2.25. The minimum atomic E-state index is -0.800. The quantitative estimate of drug-likeness (QED) is 0.442. The Labute approximate surface area is 189 Å². The van der Waals surface area contributed by atoms with Gasteiger partial charge in [0.05, 0.1) is 0 Å². The van der Waals surface area contributed by atoms with E-state index >= 15 is 0 Å². The normalized spacial score (nSPS) is 12.9. The molecule has 8 nitrogen and oxygen atoms in total. The summed E-state index contributed by atoms with van der Waals surface area (Å²) in [6.07, 6.45) is -0.800. The van der Waals surface area contributed by atoms with Crippen molar-refractivity contribution in [1.29, 1.82) is 0 Å². The first-order valence-corrected chi connectivity index (χ1v) is 10.3. The zero-order chi connectivity index (χ0) is 22.8. The Morgan fingerprint density at radius 3 is 2.52 bits per heavy atom. The number of benzene rings is 3. The predicted octanol–water partition coefficient (Wildman–Crippen LogP) is 4.82. The van der Waals surface area contributed by atoms with Crippen LogP contribution in [0.25, 0.3) is 11.0 Å². The summed E-state index contributed by atoms with van der Waals surface area (Å²) in [4.78, 5) is 26.0. The van der Waals surface area contributed by atoms with Gasteiger partial charge < -0.3 is 29.3 Å². The molecular weight excluding hydrogens is 424 g/mol. The lowest BCUT2D eigenvalue weighted by Crippen LogP contribution is -2.30. The van der Waals surface area contributed by atoms with Crippen LogP contribution in [0.5, 0.6) is 17.2 Å². The third-order valence-corrected chi connectivity index (χ3v) is 5.11. The summed E-state index contributed by atoms with van der Waals surface area (Å²) in [6.45, 7) is 1.77. The smallest absolute Gasteiger partial charge is 0.293 e. The topological polar surface area (TPSA) is 99.0 Å². The van der Waals surface area contributed by atoms with Crippen molar-refractivity contribution in [3.8, 4) is 17.2 Å². The maximum atomic E-state index is 13.1. The van der Waals surface area contributed by atoms with Gasteiger partial charge in [0.1, 0.15) is 17.0 Å². The van der Waals surface area contributed by atoms with Crippen molar-refractivity contribution in [2.24, 2.45) is 0 Å². The molecule has 4 aromatic rings. The van der Waals surface area contributed by atoms with E-state index in [2.05, 4.69) is 10.6 Å². The van der Waals surface area contributed by atoms with Gasteiger partial charge in [-0.2, -0.15) is 0 Å². The number of nitrogens with one attached hydrogen (secondary N) is 2. The fourth-order valence-electron chi connectivity index (χ4n) is 3.47. The highest BCUT2D eigenvalue weighted by molar-refractivity contribution is 6.15. The zero-order valence-corrected chi connectivity index (χ0v) is 17.7. The summed E-state index contributed by atoms with van der Waals surface area (Å²) in [5.74, 6) is 0.765. The molecule has 1 aliphatic heterocycles. The maximum absolute atomic E-state index is 13.1. The number of hydrogen-bond acceptors (Lipinski definition) is 6. The van der Waals surface area contributed by atoms with Crippen LogP contribution in [-0.4, -0.2) is 24.7 Å². The molecule has 2 N–H and O–H groups in total. The first-order valence-electron chi connectivity index (χ1n) is 10.3. The van der Waals surface area contributed by atoms with Crippen molar-refractivity contribution in [2.75, 3.05) is 17.4 Å². The molecule has 0 bridgehead atoms. The van der Waals surface area contributed by atoms with Crippen molar-refractivity contribution in [3.63, 3.8) is 0 Å². The molecule has 1 aliphatic rings. The number of rotatable bonds is 6. The monoisotopic (exact) mass is 444 g/mol. The number of amides is 2. The molecule has 0 spiro atoms. The summed E-state index contributed by atoms with van der Waals surface area (Å²) in [5, 5.41) is 6.18. The SMILES string of the molecule is C[C@@H](Oc1ccccc1)C(=O)Nc1c(C(=O)Nc2ccc3c(c2)OCO3)oc2ccccc12. The third-order valence-electron chi connectivity index (χ3n) is 5.11. The molecule has 0 unspecified atom stereocenters. The molecule has 1 atom stereocenters. The number of ether oxygens (including phenoxy) is 3. The van der Waals surface area contributed by atoms with Crippen LogP contribution in [0.3, 0.4) is 0 Å². The molecule has 0 radical (unpaired) electrons. The Bertz CT molecular complexity index is 1330. The summed E-state index contributed by atoms with van der Waals surface area (Å²) in [6, 6.07) is 21.2. The van der Waals surface area contributed by atoms with Crippen molar-refractivity contribution >= 4 is 34.2 Å². The van der Waals surface area contributed by atoms with Crippen LogP contribution >= 0.6 is 0 Å². The Hall–Kier alpha value is -4.46. The molecule has 166 valence electrons. The van der Waals surface area contributed by atoms with Gasteiger partial charge in [-0.1, -0.05) is 30.3 Å². The first-order chi connectivity index (χ1) is 16.1. The average Bonchev–Trinajstić information content (AvgIpc) is 3.44. The summed E-state index contributed by atoms with van der Waals surface area (Å²) < 4.78 is 22.2. The Balaban J connectivity index is 1.40. The number of hydrogen-bond donors (Lipinski definition) is 2. The van der Waals surface area contributed by atoms with E-state index in [0.717, 1.165) is 0 Å². The summed E-state index contributed by atoms with van der Waals surface area (Å²) >= 11 is 0. The van der Waals surface area contributed by atoms with E-state index in [9.17, 15) is 9.59 Å². The molecule has 2 heterocycles. The van der Waals surface area contributed by atoms with Gasteiger partial charge in [0.2, 0.25) is 12.6 Å². The number of carbonyl (C=O) groups is 2. The van der Waals surface area contributed by atoms with Gasteiger partial charge >= 0.3 is 0 Å². The first kappa shape index (κ1) is 20.4. The molecule has 33 heavy (non-hydrogen) atoms. The van der Waals surface area contributed by atoms with E-state index in [1.807, 2.05) is 18.2 Å². The zero-order valence-electron chi connectivity index (χ0n) is 17.7. The van der Waals surface area contributed by atoms with E-state index in [0.29, 0.717) is 33.9 Å². The van der Waals surface area contributed by atoms with Crippen LogP contribution in [0.15, 0.2) is 77.2 Å². The van der Waals surface area contributed by atoms with E-state index in [1.54, 1.807) is 61.5 Å². The fourth-order valence-corrected chi connectivity index (χ4v) is 3.47. The molecule has 0 saturated carbocycles. The number of furan rings is 1. The second kappa shape index (κ2) is 8.58. The minimum absolute atomic E-state index is 0.0193. The van der Waals surface area contributed by atoms with E-state index < -0.39 is 17.9 Å². The van der Waals surface area contributed by atoms with Crippen LogP contribution in [0, 0.1) is 0 Å². The largest absolute Gasteiger partial charge is 0.481 e. The Kier molecular flexibility index (Phi) is 5.32. The second-order valence-corrected chi connectivity index (χ2v) is 7.39. The number of para-hydroxylation sites is 2. The van der Waals surface area contributed by atoms with Gasteiger partial charge in [-0.3, -0.25) is 9.59 Å². The highest BCUT2D eigenvalue weighted by atomic mass is 16.7. The lowest BCUT2D eigenvalue weighted by molar-refractivity contribution is -0.122. The van der Waals surface area contributed by atoms with Gasteiger partial charge in [-0.25, -0.2) is 0 Å². The fraction of sp³-hybridized carbons (Fsp3) is 0.120. The van der Waals surface area contributed by atoms with Crippen molar-refractivity contribution in [2.45, 2.75) is 13.0 Å². The molecule has 2 amide bonds. The van der Waals surface area contributed by atoms with E-state index in [-0.39, 0.29) is 18.2 Å². The predicted molar refractivity (Wildman–Crippen MR) is 122 cm³/mol. The van der Waals surface area contributed by atoms with Gasteiger partial charge in [0.25, 0.3) is 11.8 Å². The second-order valence-electron chi connectivity index (χ2n) is 7.39. The minimum Gasteiger partial charge on any atom is -0.481 e. The van der Waals surface area contributed by atoms with Crippen LogP contribution in [-0.2, 0) is 4.79 Å². The lowest BCUT2D eigenvalue weighted by atomic mass is 10.2. The molecule has 0 saturated heterocycles. The van der Waals surface area contributed by atoms with Gasteiger partial charge in [0.15, 0.2) is 17.6 Å². The van der Waals surface area contributed by atoms with Crippen LogP contribution in [0.2, 0.25) is 0 Å². The van der Waals surface area contributed by atoms with Gasteiger partial charge in [0, 0.05) is 17.1 Å². The maximum Gasteiger partial charge on any atom is 0.293 e. The lowest BCUT2D eigenvalue weighted by Gasteiger charge is -2.15. The molecule has 0 aliphatic carbocycles. The number of anilines is 2. The number of fused-ring (bicyclic) bond motifs is 2. The van der Waals surface area contributed by atoms with Gasteiger partial charge in [-0.15, -0.1) is 0 Å². The van der Waals surface area contributed by atoms with E-state index in [4.69, 9.17) is 18.6 Å². The molecule has 0 fully saturated rings.